The molecule has 0 aliphatic heterocycles. The van der Waals surface area contributed by atoms with E-state index in [1.165, 1.54) is 0 Å². The highest BCUT2D eigenvalue weighted by Crippen LogP contribution is 2.64. The molecule has 0 saturated heterocycles. The molecule has 4 aliphatic carbocycles. The molecule has 0 amide bonds. The molecule has 0 bridgehead atoms. The summed E-state index contributed by atoms with van der Waals surface area (Å²) >= 11 is 0. The summed E-state index contributed by atoms with van der Waals surface area (Å²) in [5.41, 5.74) is -0.0475. The molecule has 4 fully saturated rings. The molecular weight excluding hydrogens is 300 g/mol. The molecule has 24 heavy (non-hydrogen) atoms. The Kier molecular flexibility index (Phi) is 3.61. The normalized spacial score (nSPS) is 50.9. The van der Waals surface area contributed by atoms with Crippen molar-refractivity contribution in [2.75, 3.05) is 0 Å². The van der Waals surface area contributed by atoms with Crippen molar-refractivity contribution in [3.05, 3.63) is 0 Å². The zero-order chi connectivity index (χ0) is 17.3. The van der Waals surface area contributed by atoms with Crippen molar-refractivity contribution in [3.8, 4) is 0 Å². The van der Waals surface area contributed by atoms with Crippen molar-refractivity contribution in [2.24, 2.45) is 40.4 Å². The Balaban J connectivity index is 1.66. The minimum atomic E-state index is -0.239. The fourth-order valence-corrected chi connectivity index (χ4v) is 7.07. The number of hydrogen-bond acceptors (Lipinski definition) is 3. The van der Waals surface area contributed by atoms with Crippen LogP contribution >= 0.6 is 0 Å². The van der Waals surface area contributed by atoms with E-state index < -0.39 is 0 Å². The summed E-state index contributed by atoms with van der Waals surface area (Å²) in [6, 6.07) is 0. The summed E-state index contributed by atoms with van der Waals surface area (Å²) in [5, 5.41) is 0. The largest absolute Gasteiger partial charge is 0.300 e. The van der Waals surface area contributed by atoms with E-state index in [1.807, 2.05) is 0 Å². The number of fused-ring (bicyclic) bond motifs is 5. The molecule has 7 atom stereocenters. The average Bonchev–Trinajstić information content (AvgIpc) is 2.83. The predicted octanol–water partition coefficient (Wildman–Crippen LogP) is 3.98. The summed E-state index contributed by atoms with van der Waals surface area (Å²) in [6.45, 7) is 6.21. The molecule has 0 aromatic carbocycles. The molecule has 4 saturated carbocycles. The highest BCUT2D eigenvalue weighted by Gasteiger charge is 2.62. The Bertz CT molecular complexity index is 608. The SMILES string of the molecule is CC(=O)[C@@H]1CC[C@@]2(C)[C@@H](CC(=O)[C@@H]3[C@H]2CC[C@]2(C)C(=O)CC[C@@H]32)C1. The first kappa shape index (κ1) is 16.5. The number of carbonyl (C=O) groups excluding carboxylic acids is 3. The smallest absolute Gasteiger partial charge is 0.139 e. The Labute approximate surface area is 144 Å². The first-order valence-corrected chi connectivity index (χ1v) is 9.84. The van der Waals surface area contributed by atoms with Crippen molar-refractivity contribution in [3.63, 3.8) is 0 Å². The van der Waals surface area contributed by atoms with Crippen LogP contribution in [-0.2, 0) is 14.4 Å². The Hall–Kier alpha value is -0.990. The average molecular weight is 330 g/mol. The fourth-order valence-electron chi connectivity index (χ4n) is 7.07. The molecule has 0 aromatic heterocycles. The lowest BCUT2D eigenvalue weighted by Crippen LogP contribution is -2.57. The third-order valence-corrected chi connectivity index (χ3v) is 8.75. The lowest BCUT2D eigenvalue weighted by Gasteiger charge is -2.59. The third kappa shape index (κ3) is 2.05. The van der Waals surface area contributed by atoms with Crippen LogP contribution in [0.1, 0.15) is 72.1 Å². The zero-order valence-electron chi connectivity index (χ0n) is 15.3. The Morgan fingerprint density at radius 1 is 1.04 bits per heavy atom. The molecule has 0 aromatic rings. The second kappa shape index (κ2) is 5.25. The van der Waals surface area contributed by atoms with Crippen molar-refractivity contribution in [2.45, 2.75) is 72.1 Å². The topological polar surface area (TPSA) is 51.2 Å². The molecule has 0 radical (unpaired) electrons. The van der Waals surface area contributed by atoms with Crippen LogP contribution in [0.3, 0.4) is 0 Å². The van der Waals surface area contributed by atoms with Gasteiger partial charge in [0.25, 0.3) is 0 Å². The maximum atomic E-state index is 13.1. The summed E-state index contributed by atoms with van der Waals surface area (Å²) in [6.07, 6.45) is 7.18. The van der Waals surface area contributed by atoms with Gasteiger partial charge in [-0.15, -0.1) is 0 Å². The van der Waals surface area contributed by atoms with Crippen LogP contribution in [0.2, 0.25) is 0 Å². The monoisotopic (exact) mass is 330 g/mol. The zero-order valence-corrected chi connectivity index (χ0v) is 15.3. The van der Waals surface area contributed by atoms with Gasteiger partial charge in [0.05, 0.1) is 0 Å². The Morgan fingerprint density at radius 2 is 1.79 bits per heavy atom. The molecule has 0 N–H and O–H groups in total. The van der Waals surface area contributed by atoms with Crippen molar-refractivity contribution in [1.82, 2.24) is 0 Å². The number of Topliss-reactive ketones (excluding diaryl/α,β-unsaturated/α-hetero) is 3. The molecular formula is C21H30O3. The maximum absolute atomic E-state index is 13.1. The van der Waals surface area contributed by atoms with Gasteiger partial charge < -0.3 is 0 Å². The third-order valence-electron chi connectivity index (χ3n) is 8.75. The van der Waals surface area contributed by atoms with Crippen LogP contribution < -0.4 is 0 Å². The molecule has 4 aliphatic rings. The van der Waals surface area contributed by atoms with Gasteiger partial charge in [0.1, 0.15) is 17.3 Å². The minimum absolute atomic E-state index is 0.102. The second-order valence-electron chi connectivity index (χ2n) is 9.61. The van der Waals surface area contributed by atoms with Gasteiger partial charge in [0.15, 0.2) is 0 Å². The number of hydrogen-bond donors (Lipinski definition) is 0. The summed E-state index contributed by atoms with van der Waals surface area (Å²) in [5.74, 6) is 2.43. The fraction of sp³-hybridized carbons (Fsp3) is 0.857. The van der Waals surface area contributed by atoms with E-state index in [0.29, 0.717) is 42.0 Å². The molecule has 0 heterocycles. The minimum Gasteiger partial charge on any atom is -0.300 e. The van der Waals surface area contributed by atoms with E-state index in [1.54, 1.807) is 6.92 Å². The van der Waals surface area contributed by atoms with Crippen LogP contribution in [-0.4, -0.2) is 17.3 Å². The highest BCUT2D eigenvalue weighted by atomic mass is 16.1. The van der Waals surface area contributed by atoms with Crippen LogP contribution in [0.4, 0.5) is 0 Å². The Morgan fingerprint density at radius 3 is 2.50 bits per heavy atom. The second-order valence-corrected chi connectivity index (χ2v) is 9.61. The molecule has 0 unspecified atom stereocenters. The van der Waals surface area contributed by atoms with E-state index in [-0.39, 0.29) is 28.6 Å². The van der Waals surface area contributed by atoms with E-state index in [4.69, 9.17) is 0 Å². The van der Waals surface area contributed by atoms with Gasteiger partial charge in [-0.25, -0.2) is 0 Å². The highest BCUT2D eigenvalue weighted by molar-refractivity contribution is 5.90. The van der Waals surface area contributed by atoms with Gasteiger partial charge >= 0.3 is 0 Å². The molecule has 3 heteroatoms. The summed E-state index contributed by atoms with van der Waals surface area (Å²) in [4.78, 5) is 37.4. The molecule has 132 valence electrons. The first-order chi connectivity index (χ1) is 11.3. The molecule has 4 rings (SSSR count). The van der Waals surface area contributed by atoms with Gasteiger partial charge in [-0.2, -0.15) is 0 Å². The number of ketones is 3. The van der Waals surface area contributed by atoms with Gasteiger partial charge in [0.2, 0.25) is 0 Å². The van der Waals surface area contributed by atoms with Crippen LogP contribution in [0, 0.1) is 40.4 Å². The van der Waals surface area contributed by atoms with Gasteiger partial charge in [-0.05, 0) is 68.6 Å². The molecule has 0 spiro atoms. The van der Waals surface area contributed by atoms with E-state index in [9.17, 15) is 14.4 Å². The van der Waals surface area contributed by atoms with Crippen molar-refractivity contribution >= 4 is 17.3 Å². The van der Waals surface area contributed by atoms with Gasteiger partial charge in [0, 0.05) is 30.1 Å². The van der Waals surface area contributed by atoms with E-state index >= 15 is 0 Å². The van der Waals surface area contributed by atoms with Crippen LogP contribution in [0.5, 0.6) is 0 Å². The van der Waals surface area contributed by atoms with E-state index in [2.05, 4.69) is 13.8 Å². The maximum Gasteiger partial charge on any atom is 0.139 e. The lowest BCUT2D eigenvalue weighted by atomic mass is 9.44. The van der Waals surface area contributed by atoms with Gasteiger partial charge in [-0.1, -0.05) is 13.8 Å². The quantitative estimate of drug-likeness (QED) is 0.730. The van der Waals surface area contributed by atoms with Crippen LogP contribution in [0.25, 0.3) is 0 Å². The van der Waals surface area contributed by atoms with Crippen LogP contribution in [0.15, 0.2) is 0 Å². The van der Waals surface area contributed by atoms with Crippen molar-refractivity contribution in [1.29, 1.82) is 0 Å². The lowest BCUT2D eigenvalue weighted by molar-refractivity contribution is -0.159. The summed E-state index contributed by atoms with van der Waals surface area (Å²) < 4.78 is 0. The standard InChI is InChI=1S/C21H30O3/c1-12(22)13-6-8-20(2)14(10-13)11-17(23)19-15-4-5-18(24)21(15,3)9-7-16(19)20/h13-16,19H,4-11H2,1-3H3/t13-,14-,15+,16-,19+,20+,21+/m1/s1. The predicted molar refractivity (Wildman–Crippen MR) is 91.3 cm³/mol. The van der Waals surface area contributed by atoms with E-state index in [0.717, 1.165) is 38.5 Å². The number of rotatable bonds is 1. The first-order valence-electron chi connectivity index (χ1n) is 9.84. The molecule has 3 nitrogen and oxygen atoms in total. The number of carbonyl (C=O) groups is 3. The summed E-state index contributed by atoms with van der Waals surface area (Å²) in [7, 11) is 0. The van der Waals surface area contributed by atoms with Crippen molar-refractivity contribution < 1.29 is 14.4 Å². The van der Waals surface area contributed by atoms with Gasteiger partial charge in [-0.3, -0.25) is 14.4 Å².